The fourth-order valence-corrected chi connectivity index (χ4v) is 2.93. The van der Waals surface area contributed by atoms with Gasteiger partial charge in [-0.05, 0) is 36.9 Å². The summed E-state index contributed by atoms with van der Waals surface area (Å²) in [6.45, 7) is 8.13. The Morgan fingerprint density at radius 2 is 2.15 bits per heavy atom. The van der Waals surface area contributed by atoms with Crippen molar-refractivity contribution >= 4 is 11.6 Å². The van der Waals surface area contributed by atoms with Gasteiger partial charge in [-0.1, -0.05) is 39.0 Å². The fraction of sp³-hybridized carbons (Fsp3) is 0.588. The van der Waals surface area contributed by atoms with Gasteiger partial charge in [-0.25, -0.2) is 0 Å². The number of para-hydroxylation sites is 1. The van der Waals surface area contributed by atoms with Gasteiger partial charge in [0.25, 0.3) is 0 Å². The largest absolute Gasteiger partial charge is 0.312 e. The molecule has 1 heterocycles. The van der Waals surface area contributed by atoms with Crippen molar-refractivity contribution in [1.82, 2.24) is 5.32 Å². The van der Waals surface area contributed by atoms with Crippen LogP contribution < -0.4 is 10.2 Å². The highest BCUT2D eigenvalue weighted by Crippen LogP contribution is 2.33. The number of nitrogens with zero attached hydrogens (tertiary/aromatic N) is 1. The Kier molecular flexibility index (Phi) is 5.18. The molecule has 110 valence electrons. The molecule has 1 aromatic carbocycles. The first-order chi connectivity index (χ1) is 9.63. The molecule has 1 aromatic rings. The molecule has 1 aliphatic heterocycles. The Balaban J connectivity index is 2.30. The van der Waals surface area contributed by atoms with E-state index in [1.54, 1.807) is 0 Å². The lowest BCUT2D eigenvalue weighted by Gasteiger charge is -2.25. The number of rotatable bonds is 4. The second kappa shape index (κ2) is 6.89. The third kappa shape index (κ3) is 3.40. The molecule has 0 saturated heterocycles. The van der Waals surface area contributed by atoms with Crippen molar-refractivity contribution in [1.29, 1.82) is 0 Å². The van der Waals surface area contributed by atoms with E-state index in [1.807, 2.05) is 11.0 Å². The summed E-state index contributed by atoms with van der Waals surface area (Å²) in [5, 5.41) is 3.54. The molecule has 0 aliphatic carbocycles. The quantitative estimate of drug-likeness (QED) is 0.911. The van der Waals surface area contributed by atoms with E-state index in [9.17, 15) is 4.79 Å². The summed E-state index contributed by atoms with van der Waals surface area (Å²) < 4.78 is 0. The average molecular weight is 274 g/mol. The third-order valence-electron chi connectivity index (χ3n) is 3.81. The molecule has 1 unspecified atom stereocenters. The Hall–Kier alpha value is -1.35. The highest BCUT2D eigenvalue weighted by atomic mass is 16.2. The lowest BCUT2D eigenvalue weighted by molar-refractivity contribution is -0.119. The highest BCUT2D eigenvalue weighted by Gasteiger charge is 2.25. The predicted octanol–water partition coefficient (Wildman–Crippen LogP) is 3.51. The molecule has 0 fully saturated rings. The third-order valence-corrected chi connectivity index (χ3v) is 3.81. The van der Waals surface area contributed by atoms with Gasteiger partial charge in [0.05, 0.1) is 0 Å². The number of amides is 1. The molecular weight excluding hydrogens is 248 g/mol. The molecule has 1 atom stereocenters. The maximum absolute atomic E-state index is 12.5. The van der Waals surface area contributed by atoms with Crippen molar-refractivity contribution in [2.24, 2.45) is 5.92 Å². The number of anilines is 1. The van der Waals surface area contributed by atoms with E-state index in [4.69, 9.17) is 0 Å². The van der Waals surface area contributed by atoms with Crippen LogP contribution >= 0.6 is 0 Å². The maximum atomic E-state index is 12.5. The van der Waals surface area contributed by atoms with Crippen LogP contribution in [-0.4, -0.2) is 19.0 Å². The molecule has 0 aromatic heterocycles. The minimum absolute atomic E-state index is 0.254. The van der Waals surface area contributed by atoms with E-state index >= 15 is 0 Å². The second-order valence-corrected chi connectivity index (χ2v) is 5.95. The van der Waals surface area contributed by atoms with Gasteiger partial charge in [0, 0.05) is 24.7 Å². The fourth-order valence-electron chi connectivity index (χ4n) is 2.93. The Morgan fingerprint density at radius 1 is 1.40 bits per heavy atom. The van der Waals surface area contributed by atoms with Crippen molar-refractivity contribution in [2.45, 2.75) is 46.1 Å². The number of carbonyl (C=O) groups is 1. The summed E-state index contributed by atoms with van der Waals surface area (Å²) in [5.41, 5.74) is 2.37. The van der Waals surface area contributed by atoms with Crippen molar-refractivity contribution in [2.75, 3.05) is 18.0 Å². The van der Waals surface area contributed by atoms with E-state index in [1.165, 1.54) is 5.56 Å². The molecule has 3 nitrogen and oxygen atoms in total. The summed E-state index contributed by atoms with van der Waals surface area (Å²) in [5.74, 6) is 0.659. The number of fused-ring (bicyclic) bond motifs is 1. The SMILES string of the molecule is CCNC1CCCN(C(=O)CC(C)C)c2ccccc21. The first kappa shape index (κ1) is 15.0. The number of hydrogen-bond donors (Lipinski definition) is 1. The van der Waals surface area contributed by atoms with E-state index in [0.29, 0.717) is 18.4 Å². The molecular formula is C17H26N2O. The molecule has 3 heteroatoms. The molecule has 1 amide bonds. The van der Waals surface area contributed by atoms with Gasteiger partial charge in [-0.15, -0.1) is 0 Å². The zero-order valence-corrected chi connectivity index (χ0v) is 12.9. The van der Waals surface area contributed by atoms with E-state index in [-0.39, 0.29) is 5.91 Å². The average Bonchev–Trinajstić information content (AvgIpc) is 2.59. The van der Waals surface area contributed by atoms with Crippen LogP contribution in [0.5, 0.6) is 0 Å². The van der Waals surface area contributed by atoms with Gasteiger partial charge in [0.15, 0.2) is 0 Å². The smallest absolute Gasteiger partial charge is 0.227 e. The van der Waals surface area contributed by atoms with Crippen molar-refractivity contribution in [3.05, 3.63) is 29.8 Å². The van der Waals surface area contributed by atoms with Crippen LogP contribution in [-0.2, 0) is 4.79 Å². The van der Waals surface area contributed by atoms with E-state index < -0.39 is 0 Å². The van der Waals surface area contributed by atoms with E-state index in [2.05, 4.69) is 44.3 Å². The monoisotopic (exact) mass is 274 g/mol. The van der Waals surface area contributed by atoms with Gasteiger partial charge in [0.1, 0.15) is 0 Å². The zero-order valence-electron chi connectivity index (χ0n) is 12.9. The maximum Gasteiger partial charge on any atom is 0.227 e. The molecule has 0 radical (unpaired) electrons. The first-order valence-corrected chi connectivity index (χ1v) is 7.76. The lowest BCUT2D eigenvalue weighted by atomic mass is 10.0. The number of nitrogens with one attached hydrogen (secondary N) is 1. The van der Waals surface area contributed by atoms with E-state index in [0.717, 1.165) is 31.6 Å². The van der Waals surface area contributed by atoms with Crippen molar-refractivity contribution in [3.63, 3.8) is 0 Å². The number of carbonyl (C=O) groups excluding carboxylic acids is 1. The zero-order chi connectivity index (χ0) is 14.5. The summed E-state index contributed by atoms with van der Waals surface area (Å²) in [4.78, 5) is 14.5. The van der Waals surface area contributed by atoms with Crippen LogP contribution in [0.1, 0.15) is 51.6 Å². The normalized spacial score (nSPS) is 18.8. The molecule has 0 saturated carbocycles. The van der Waals surface area contributed by atoms with Crippen LogP contribution in [0.15, 0.2) is 24.3 Å². The first-order valence-electron chi connectivity index (χ1n) is 7.76. The minimum atomic E-state index is 0.254. The lowest BCUT2D eigenvalue weighted by Crippen LogP contribution is -2.32. The van der Waals surface area contributed by atoms with Gasteiger partial charge >= 0.3 is 0 Å². The Morgan fingerprint density at radius 3 is 2.85 bits per heavy atom. The van der Waals surface area contributed by atoms with Crippen LogP contribution in [0.25, 0.3) is 0 Å². The summed E-state index contributed by atoms with van der Waals surface area (Å²) in [7, 11) is 0. The van der Waals surface area contributed by atoms with Gasteiger partial charge in [0.2, 0.25) is 5.91 Å². The van der Waals surface area contributed by atoms with Crippen LogP contribution in [0, 0.1) is 5.92 Å². The molecule has 0 bridgehead atoms. The van der Waals surface area contributed by atoms with Crippen LogP contribution in [0.2, 0.25) is 0 Å². The highest BCUT2D eigenvalue weighted by molar-refractivity contribution is 5.94. The van der Waals surface area contributed by atoms with Gasteiger partial charge < -0.3 is 10.2 Å². The molecule has 1 N–H and O–H groups in total. The molecule has 2 rings (SSSR count). The summed E-state index contributed by atoms with van der Waals surface area (Å²) in [6.07, 6.45) is 2.77. The number of benzene rings is 1. The second-order valence-electron chi connectivity index (χ2n) is 5.95. The molecule has 1 aliphatic rings. The van der Waals surface area contributed by atoms with Crippen molar-refractivity contribution in [3.8, 4) is 0 Å². The molecule has 0 spiro atoms. The predicted molar refractivity (Wildman–Crippen MR) is 83.9 cm³/mol. The van der Waals surface area contributed by atoms with Gasteiger partial charge in [-0.3, -0.25) is 4.79 Å². The van der Waals surface area contributed by atoms with Gasteiger partial charge in [-0.2, -0.15) is 0 Å². The standard InChI is InChI=1S/C17H26N2O/c1-4-18-15-9-7-11-19(17(20)12-13(2)3)16-10-6-5-8-14(15)16/h5-6,8,10,13,15,18H,4,7,9,11-12H2,1-3H3. The van der Waals surface area contributed by atoms with Crippen molar-refractivity contribution < 1.29 is 4.79 Å². The summed E-state index contributed by atoms with van der Waals surface area (Å²) >= 11 is 0. The summed E-state index contributed by atoms with van der Waals surface area (Å²) in [6, 6.07) is 8.71. The Bertz CT molecular complexity index is 456. The number of hydrogen-bond acceptors (Lipinski definition) is 2. The topological polar surface area (TPSA) is 32.3 Å². The van der Waals surface area contributed by atoms with Crippen LogP contribution in [0.4, 0.5) is 5.69 Å². The minimum Gasteiger partial charge on any atom is -0.312 e. The van der Waals surface area contributed by atoms with Crippen LogP contribution in [0.3, 0.4) is 0 Å². The molecule has 20 heavy (non-hydrogen) atoms. The Labute approximate surface area is 122 Å².